The van der Waals surface area contributed by atoms with Gasteiger partial charge in [-0.25, -0.2) is 0 Å². The lowest BCUT2D eigenvalue weighted by Gasteiger charge is -2.40. The summed E-state index contributed by atoms with van der Waals surface area (Å²) in [4.78, 5) is 47.9. The standard InChI is InChI=1S/C32H36ClN3O4S/c1-4-17-34(3)29(38)26-25-15-16-32(41-25)27(26)30(39)36(22(20-37)19-21-11-7-6-8-12-21)28(32)31(40)35(18-5-2)24-14-10-9-13-23(24)33/h4-14,22,25-28,37H,1-2,15-20H2,3H3/t22-,25+,26-,27+,28?,32?/m1/s1. The first kappa shape index (κ1) is 29.4. The molecule has 3 amide bonds. The molecule has 0 saturated carbocycles. The van der Waals surface area contributed by atoms with Gasteiger partial charge in [0.25, 0.3) is 5.91 Å². The molecule has 0 radical (unpaired) electrons. The number of carbonyl (C=O) groups is 3. The predicted molar refractivity (Wildman–Crippen MR) is 164 cm³/mol. The van der Waals surface area contributed by atoms with Crippen LogP contribution in [0.3, 0.4) is 0 Å². The number of benzene rings is 2. The van der Waals surface area contributed by atoms with Gasteiger partial charge >= 0.3 is 0 Å². The maximum absolute atomic E-state index is 14.8. The molecule has 41 heavy (non-hydrogen) atoms. The summed E-state index contributed by atoms with van der Waals surface area (Å²) in [7, 11) is 1.72. The summed E-state index contributed by atoms with van der Waals surface area (Å²) in [6.45, 7) is 7.89. The minimum Gasteiger partial charge on any atom is -0.394 e. The maximum atomic E-state index is 14.8. The number of aliphatic hydroxyl groups excluding tert-OH is 1. The maximum Gasteiger partial charge on any atom is 0.251 e. The average molecular weight is 594 g/mol. The molecule has 6 atom stereocenters. The number of amides is 3. The molecule has 2 unspecified atom stereocenters. The highest BCUT2D eigenvalue weighted by Crippen LogP contribution is 2.67. The highest BCUT2D eigenvalue weighted by atomic mass is 35.5. The van der Waals surface area contributed by atoms with Crippen molar-refractivity contribution in [1.29, 1.82) is 0 Å². The molecule has 9 heteroatoms. The molecular formula is C32H36ClN3O4S. The van der Waals surface area contributed by atoms with Crippen molar-refractivity contribution < 1.29 is 19.5 Å². The van der Waals surface area contributed by atoms with Gasteiger partial charge in [-0.3, -0.25) is 14.4 Å². The van der Waals surface area contributed by atoms with Crippen molar-refractivity contribution in [1.82, 2.24) is 9.80 Å². The summed E-state index contributed by atoms with van der Waals surface area (Å²) in [5, 5.41) is 11.0. The van der Waals surface area contributed by atoms with Crippen LogP contribution in [0.4, 0.5) is 5.69 Å². The van der Waals surface area contributed by atoms with Crippen molar-refractivity contribution in [3.8, 4) is 0 Å². The fraction of sp³-hybridized carbons (Fsp3) is 0.406. The Morgan fingerprint density at radius 2 is 1.80 bits per heavy atom. The first-order valence-corrected chi connectivity index (χ1v) is 15.2. The third kappa shape index (κ3) is 5.00. The zero-order chi connectivity index (χ0) is 29.3. The molecule has 5 rings (SSSR count). The van der Waals surface area contributed by atoms with Gasteiger partial charge in [0.15, 0.2) is 0 Å². The van der Waals surface area contributed by atoms with Crippen molar-refractivity contribution in [2.45, 2.75) is 41.3 Å². The van der Waals surface area contributed by atoms with E-state index >= 15 is 0 Å². The van der Waals surface area contributed by atoms with Gasteiger partial charge in [0, 0.05) is 25.4 Å². The second-order valence-electron chi connectivity index (χ2n) is 11.0. The molecule has 3 heterocycles. The topological polar surface area (TPSA) is 81.2 Å². The van der Waals surface area contributed by atoms with Crippen molar-refractivity contribution in [3.05, 3.63) is 90.5 Å². The van der Waals surface area contributed by atoms with Gasteiger partial charge in [-0.2, -0.15) is 0 Å². The molecule has 7 nitrogen and oxygen atoms in total. The number of likely N-dealkylation sites (tertiary alicyclic amines) is 1. The molecule has 2 aromatic carbocycles. The fourth-order valence-corrected chi connectivity index (χ4v) is 9.41. The highest BCUT2D eigenvalue weighted by molar-refractivity contribution is 8.02. The normalized spacial score (nSPS) is 26.9. The monoisotopic (exact) mass is 593 g/mol. The van der Waals surface area contributed by atoms with Crippen molar-refractivity contribution in [2.24, 2.45) is 11.8 Å². The van der Waals surface area contributed by atoms with Crippen molar-refractivity contribution in [2.75, 3.05) is 31.6 Å². The zero-order valence-corrected chi connectivity index (χ0v) is 24.8. The van der Waals surface area contributed by atoms with Crippen molar-refractivity contribution in [3.63, 3.8) is 0 Å². The molecular weight excluding hydrogens is 558 g/mol. The van der Waals surface area contributed by atoms with E-state index in [1.54, 1.807) is 63.9 Å². The average Bonchev–Trinajstić information content (AvgIpc) is 3.62. The third-order valence-electron chi connectivity index (χ3n) is 8.68. The summed E-state index contributed by atoms with van der Waals surface area (Å²) in [5.74, 6) is -1.83. The van der Waals surface area contributed by atoms with Crippen LogP contribution in [0.1, 0.15) is 18.4 Å². The molecule has 1 N–H and O–H groups in total. The number of fused-ring (bicyclic) bond motifs is 1. The predicted octanol–water partition coefficient (Wildman–Crippen LogP) is 4.20. The Morgan fingerprint density at radius 3 is 2.46 bits per heavy atom. The minimum atomic E-state index is -0.880. The highest BCUT2D eigenvalue weighted by Gasteiger charge is 2.74. The van der Waals surface area contributed by atoms with Gasteiger partial charge < -0.3 is 19.8 Å². The molecule has 2 bridgehead atoms. The molecule has 2 aromatic rings. The number of rotatable bonds is 11. The van der Waals surface area contributed by atoms with Gasteiger partial charge in [0.05, 0.1) is 39.9 Å². The summed E-state index contributed by atoms with van der Waals surface area (Å²) < 4.78 is -0.793. The fourth-order valence-electron chi connectivity index (χ4n) is 6.97. The van der Waals surface area contributed by atoms with Gasteiger partial charge in [-0.15, -0.1) is 24.9 Å². The Morgan fingerprint density at radius 1 is 1.12 bits per heavy atom. The van der Waals surface area contributed by atoms with Gasteiger partial charge in [0.1, 0.15) is 6.04 Å². The lowest BCUT2D eigenvalue weighted by atomic mass is 9.70. The minimum absolute atomic E-state index is 0.0592. The van der Waals surface area contributed by atoms with Crippen LogP contribution in [0.5, 0.6) is 0 Å². The van der Waals surface area contributed by atoms with Gasteiger partial charge in [-0.1, -0.05) is 66.2 Å². The van der Waals surface area contributed by atoms with E-state index in [1.165, 1.54) is 0 Å². The molecule has 1 spiro atoms. The van der Waals surface area contributed by atoms with E-state index in [4.69, 9.17) is 11.6 Å². The number of likely N-dealkylation sites (N-methyl/N-ethyl adjacent to an activating group) is 1. The number of hydrogen-bond acceptors (Lipinski definition) is 5. The molecule has 216 valence electrons. The Bertz CT molecular complexity index is 1340. The Hall–Kier alpha value is -3.07. The first-order chi connectivity index (χ1) is 19.8. The quantitative estimate of drug-likeness (QED) is 0.395. The van der Waals surface area contributed by atoms with Crippen LogP contribution in [0.2, 0.25) is 5.02 Å². The number of aliphatic hydroxyl groups is 1. The van der Waals surface area contributed by atoms with E-state index in [0.717, 1.165) is 12.0 Å². The number of anilines is 1. The molecule has 3 aliphatic rings. The van der Waals surface area contributed by atoms with Crippen LogP contribution in [0, 0.1) is 11.8 Å². The summed E-state index contributed by atoms with van der Waals surface area (Å²) in [5.41, 5.74) is 1.48. The number of hydrogen-bond donors (Lipinski definition) is 1. The first-order valence-electron chi connectivity index (χ1n) is 14.0. The van der Waals surface area contributed by atoms with Crippen LogP contribution in [-0.4, -0.2) is 81.5 Å². The number of para-hydroxylation sites is 1. The van der Waals surface area contributed by atoms with E-state index in [2.05, 4.69) is 13.2 Å². The summed E-state index contributed by atoms with van der Waals surface area (Å²) >= 11 is 8.18. The Labute approximate surface area is 250 Å². The third-order valence-corrected chi connectivity index (χ3v) is 10.9. The van der Waals surface area contributed by atoms with Gasteiger partial charge in [0.2, 0.25) is 11.8 Å². The van der Waals surface area contributed by atoms with E-state index < -0.39 is 28.7 Å². The van der Waals surface area contributed by atoms with Crippen LogP contribution in [0.25, 0.3) is 0 Å². The van der Waals surface area contributed by atoms with Crippen LogP contribution < -0.4 is 4.90 Å². The van der Waals surface area contributed by atoms with E-state index in [-0.39, 0.29) is 36.1 Å². The molecule has 3 saturated heterocycles. The largest absolute Gasteiger partial charge is 0.394 e. The summed E-state index contributed by atoms with van der Waals surface area (Å²) in [6, 6.07) is 15.2. The molecule has 3 fully saturated rings. The smallest absolute Gasteiger partial charge is 0.251 e. The van der Waals surface area contributed by atoms with Crippen LogP contribution in [0.15, 0.2) is 79.9 Å². The van der Waals surface area contributed by atoms with Crippen LogP contribution >= 0.6 is 23.4 Å². The lowest BCUT2D eigenvalue weighted by molar-refractivity contribution is -0.144. The number of nitrogens with zero attached hydrogens (tertiary/aromatic N) is 3. The van der Waals surface area contributed by atoms with E-state index in [9.17, 15) is 19.5 Å². The number of halogens is 1. The van der Waals surface area contributed by atoms with Crippen molar-refractivity contribution >= 4 is 46.8 Å². The second kappa shape index (κ2) is 12.0. The van der Waals surface area contributed by atoms with Gasteiger partial charge in [-0.05, 0) is 37.0 Å². The summed E-state index contributed by atoms with van der Waals surface area (Å²) in [6.07, 6.45) is 5.06. The molecule has 3 aliphatic heterocycles. The lowest BCUT2D eigenvalue weighted by Crippen LogP contribution is -2.58. The van der Waals surface area contributed by atoms with E-state index in [1.807, 2.05) is 36.4 Å². The number of carbonyl (C=O) groups excluding carboxylic acids is 3. The Balaban J connectivity index is 1.62. The zero-order valence-electron chi connectivity index (χ0n) is 23.2. The Kier molecular flexibility index (Phi) is 8.64. The van der Waals surface area contributed by atoms with E-state index in [0.29, 0.717) is 30.1 Å². The molecule has 0 aliphatic carbocycles. The SMILES string of the molecule is C=CCN(C)C(=O)[C@@H]1[C@@H]2CCC3(S2)C(C(=O)N(CC=C)c2ccccc2Cl)N([C@@H](CO)Cc2ccccc2)C(=O)[C@H]13. The van der Waals surface area contributed by atoms with Crippen LogP contribution in [-0.2, 0) is 20.8 Å². The number of thioether (sulfide) groups is 1. The second-order valence-corrected chi connectivity index (χ2v) is 13.0. The molecule has 0 aromatic heterocycles.